The van der Waals surface area contributed by atoms with Crippen LogP contribution < -0.4 is 10.1 Å². The number of aromatic nitrogens is 4. The van der Waals surface area contributed by atoms with Crippen LogP contribution in [0.25, 0.3) is 0 Å². The van der Waals surface area contributed by atoms with Gasteiger partial charge in [0, 0.05) is 6.54 Å². The maximum Gasteiger partial charge on any atom is 0.168 e. The largest absolute Gasteiger partial charge is 0.497 e. The van der Waals surface area contributed by atoms with E-state index in [0.717, 1.165) is 18.1 Å². The van der Waals surface area contributed by atoms with Gasteiger partial charge in [-0.3, -0.25) is 0 Å². The molecule has 1 heterocycles. The molecule has 3 rings (SSSR count). The first kappa shape index (κ1) is 13.1. The standard InChI is InChI=1S/C14H19N5O/c1-10(14-16-17-18-19(14)12-6-7-12)15-9-11-4-3-5-13(8-11)20-2/h3-5,8,10,12,15H,6-7,9H2,1-2H3. The van der Waals surface area contributed by atoms with Crippen molar-refractivity contribution in [3.8, 4) is 5.75 Å². The zero-order chi connectivity index (χ0) is 13.9. The number of hydrogen-bond donors (Lipinski definition) is 1. The average Bonchev–Trinajstić information content (AvgIpc) is 3.22. The van der Waals surface area contributed by atoms with Crippen LogP contribution in [0.2, 0.25) is 0 Å². The Balaban J connectivity index is 1.63. The molecule has 0 radical (unpaired) electrons. The SMILES string of the molecule is COc1cccc(CNC(C)c2nnnn2C2CC2)c1. The van der Waals surface area contributed by atoms with Gasteiger partial charge in [-0.1, -0.05) is 12.1 Å². The normalized spacial score (nSPS) is 16.1. The topological polar surface area (TPSA) is 64.9 Å². The van der Waals surface area contributed by atoms with Crippen molar-refractivity contribution < 1.29 is 4.74 Å². The lowest BCUT2D eigenvalue weighted by Gasteiger charge is -2.13. The van der Waals surface area contributed by atoms with Gasteiger partial charge in [-0.25, -0.2) is 4.68 Å². The second kappa shape index (κ2) is 5.58. The molecule has 6 heteroatoms. The molecule has 1 saturated carbocycles. The summed E-state index contributed by atoms with van der Waals surface area (Å²) < 4.78 is 7.18. The van der Waals surface area contributed by atoms with Gasteiger partial charge in [0.2, 0.25) is 0 Å². The zero-order valence-corrected chi connectivity index (χ0v) is 11.8. The van der Waals surface area contributed by atoms with E-state index in [1.54, 1.807) is 7.11 Å². The highest BCUT2D eigenvalue weighted by Crippen LogP contribution is 2.35. The van der Waals surface area contributed by atoms with Gasteiger partial charge in [0.15, 0.2) is 5.82 Å². The highest BCUT2D eigenvalue weighted by atomic mass is 16.5. The van der Waals surface area contributed by atoms with Gasteiger partial charge in [0.25, 0.3) is 0 Å². The van der Waals surface area contributed by atoms with Crippen LogP contribution in [0.4, 0.5) is 0 Å². The molecule has 1 atom stereocenters. The van der Waals surface area contributed by atoms with E-state index in [-0.39, 0.29) is 6.04 Å². The Morgan fingerprint density at radius 1 is 1.45 bits per heavy atom. The lowest BCUT2D eigenvalue weighted by Crippen LogP contribution is -2.22. The van der Waals surface area contributed by atoms with Gasteiger partial charge in [0.1, 0.15) is 5.75 Å². The summed E-state index contributed by atoms with van der Waals surface area (Å²) in [5.41, 5.74) is 1.18. The zero-order valence-electron chi connectivity index (χ0n) is 11.8. The minimum Gasteiger partial charge on any atom is -0.497 e. The smallest absolute Gasteiger partial charge is 0.168 e. The van der Waals surface area contributed by atoms with Crippen LogP contribution in [-0.4, -0.2) is 27.3 Å². The molecule has 1 fully saturated rings. The Kier molecular flexibility index (Phi) is 3.64. The maximum atomic E-state index is 5.23. The summed E-state index contributed by atoms with van der Waals surface area (Å²) in [7, 11) is 1.68. The van der Waals surface area contributed by atoms with Crippen LogP contribution in [0.1, 0.15) is 43.2 Å². The summed E-state index contributed by atoms with van der Waals surface area (Å²) in [6, 6.07) is 8.67. The molecule has 1 unspecified atom stereocenters. The number of benzene rings is 1. The molecule has 1 aromatic carbocycles. The van der Waals surface area contributed by atoms with Crippen LogP contribution >= 0.6 is 0 Å². The van der Waals surface area contributed by atoms with Gasteiger partial charge < -0.3 is 10.1 Å². The van der Waals surface area contributed by atoms with Gasteiger partial charge in [-0.15, -0.1) is 5.10 Å². The molecular formula is C14H19N5O. The second-order valence-corrected chi connectivity index (χ2v) is 5.17. The number of rotatable bonds is 6. The minimum absolute atomic E-state index is 0.122. The van der Waals surface area contributed by atoms with Crippen LogP contribution in [0, 0.1) is 0 Å². The Morgan fingerprint density at radius 3 is 3.05 bits per heavy atom. The molecule has 106 valence electrons. The van der Waals surface area contributed by atoms with E-state index in [2.05, 4.69) is 33.8 Å². The van der Waals surface area contributed by atoms with E-state index in [0.29, 0.717) is 6.04 Å². The third-order valence-corrected chi connectivity index (χ3v) is 3.54. The maximum absolute atomic E-state index is 5.23. The molecule has 1 aliphatic rings. The fraction of sp³-hybridized carbons (Fsp3) is 0.500. The molecule has 0 aliphatic heterocycles. The van der Waals surface area contributed by atoms with Gasteiger partial charge in [-0.05, 0) is 47.9 Å². The summed E-state index contributed by atoms with van der Waals surface area (Å²) in [4.78, 5) is 0. The van der Waals surface area contributed by atoms with Crippen molar-refractivity contribution in [1.82, 2.24) is 25.5 Å². The van der Waals surface area contributed by atoms with Crippen LogP contribution in [0.5, 0.6) is 5.75 Å². The fourth-order valence-corrected chi connectivity index (χ4v) is 2.21. The molecular weight excluding hydrogens is 254 g/mol. The predicted octanol–water partition coefficient (Wildman–Crippen LogP) is 1.87. The molecule has 20 heavy (non-hydrogen) atoms. The highest BCUT2D eigenvalue weighted by Gasteiger charge is 2.29. The van der Waals surface area contributed by atoms with E-state index in [1.807, 2.05) is 22.9 Å². The summed E-state index contributed by atoms with van der Waals surface area (Å²) in [6.07, 6.45) is 2.36. The van der Waals surface area contributed by atoms with Crippen molar-refractivity contribution in [2.45, 2.75) is 38.4 Å². The third-order valence-electron chi connectivity index (χ3n) is 3.54. The van der Waals surface area contributed by atoms with Crippen molar-refractivity contribution >= 4 is 0 Å². The number of hydrogen-bond acceptors (Lipinski definition) is 5. The Hall–Kier alpha value is -1.95. The second-order valence-electron chi connectivity index (χ2n) is 5.17. The molecule has 0 spiro atoms. The van der Waals surface area contributed by atoms with Crippen LogP contribution in [0.3, 0.4) is 0 Å². The van der Waals surface area contributed by atoms with E-state index < -0.39 is 0 Å². The quantitative estimate of drug-likeness (QED) is 0.870. The van der Waals surface area contributed by atoms with E-state index in [9.17, 15) is 0 Å². The van der Waals surface area contributed by atoms with Gasteiger partial charge in [-0.2, -0.15) is 0 Å². The third kappa shape index (κ3) is 2.80. The van der Waals surface area contributed by atoms with Crippen molar-refractivity contribution in [3.05, 3.63) is 35.7 Å². The average molecular weight is 273 g/mol. The van der Waals surface area contributed by atoms with Crippen molar-refractivity contribution in [2.24, 2.45) is 0 Å². The highest BCUT2D eigenvalue weighted by molar-refractivity contribution is 5.28. The number of ether oxygens (including phenoxy) is 1. The number of nitrogens with zero attached hydrogens (tertiary/aromatic N) is 4. The molecule has 1 aromatic heterocycles. The summed E-state index contributed by atoms with van der Waals surface area (Å²) in [5, 5.41) is 15.5. The first-order valence-electron chi connectivity index (χ1n) is 6.92. The monoisotopic (exact) mass is 273 g/mol. The van der Waals surface area contributed by atoms with E-state index >= 15 is 0 Å². The molecule has 0 amide bonds. The number of tetrazole rings is 1. The number of methoxy groups -OCH3 is 1. The summed E-state index contributed by atoms with van der Waals surface area (Å²) in [5.74, 6) is 1.79. The lowest BCUT2D eigenvalue weighted by molar-refractivity contribution is 0.413. The van der Waals surface area contributed by atoms with Gasteiger partial charge >= 0.3 is 0 Å². The lowest BCUT2D eigenvalue weighted by atomic mass is 10.2. The molecule has 1 aliphatic carbocycles. The van der Waals surface area contributed by atoms with E-state index in [1.165, 1.54) is 18.4 Å². The molecule has 0 bridgehead atoms. The fourth-order valence-electron chi connectivity index (χ4n) is 2.21. The molecule has 1 N–H and O–H groups in total. The summed E-state index contributed by atoms with van der Waals surface area (Å²) in [6.45, 7) is 2.85. The Labute approximate surface area is 118 Å². The van der Waals surface area contributed by atoms with Crippen molar-refractivity contribution in [3.63, 3.8) is 0 Å². The van der Waals surface area contributed by atoms with E-state index in [4.69, 9.17) is 4.74 Å². The predicted molar refractivity (Wildman–Crippen MR) is 74.3 cm³/mol. The Morgan fingerprint density at radius 2 is 2.30 bits per heavy atom. The minimum atomic E-state index is 0.122. The van der Waals surface area contributed by atoms with Crippen LogP contribution in [-0.2, 0) is 6.54 Å². The van der Waals surface area contributed by atoms with Crippen molar-refractivity contribution in [2.75, 3.05) is 7.11 Å². The molecule has 6 nitrogen and oxygen atoms in total. The van der Waals surface area contributed by atoms with Crippen molar-refractivity contribution in [1.29, 1.82) is 0 Å². The Bertz CT molecular complexity index is 578. The molecule has 2 aromatic rings. The summed E-state index contributed by atoms with van der Waals surface area (Å²) >= 11 is 0. The first-order chi connectivity index (χ1) is 9.78. The number of nitrogens with one attached hydrogen (secondary N) is 1. The van der Waals surface area contributed by atoms with Gasteiger partial charge in [0.05, 0.1) is 19.2 Å². The van der Waals surface area contributed by atoms with Crippen LogP contribution in [0.15, 0.2) is 24.3 Å². The first-order valence-corrected chi connectivity index (χ1v) is 6.92. The molecule has 0 saturated heterocycles.